The lowest BCUT2D eigenvalue weighted by atomic mass is 10.3. The third-order valence-electron chi connectivity index (χ3n) is 1.12. The van der Waals surface area contributed by atoms with Crippen LogP contribution in [0, 0.1) is 13.8 Å². The molecular formula is C6H11BO2S. The third-order valence-corrected chi connectivity index (χ3v) is 2.07. The summed E-state index contributed by atoms with van der Waals surface area (Å²) < 4.78 is 0. The van der Waals surface area contributed by atoms with Crippen molar-refractivity contribution in [2.75, 3.05) is 0 Å². The summed E-state index contributed by atoms with van der Waals surface area (Å²) in [7, 11) is -0.750. The molecule has 1 aromatic rings. The lowest BCUT2D eigenvalue weighted by Gasteiger charge is -1.79. The van der Waals surface area contributed by atoms with E-state index in [1.807, 2.05) is 0 Å². The highest BCUT2D eigenvalue weighted by atomic mass is 32.1. The van der Waals surface area contributed by atoms with E-state index in [1.54, 1.807) is 11.3 Å². The molecule has 0 unspecified atom stereocenters. The minimum atomic E-state index is -0.750. The first kappa shape index (κ1) is 9.68. The van der Waals surface area contributed by atoms with Crippen LogP contribution in [-0.2, 0) is 0 Å². The molecule has 0 aliphatic rings. The summed E-state index contributed by atoms with van der Waals surface area (Å²) >= 11 is 1.80. The Bertz CT molecular complexity index is 160. The van der Waals surface area contributed by atoms with E-state index in [2.05, 4.69) is 25.3 Å². The lowest BCUT2D eigenvalue weighted by Crippen LogP contribution is -1.75. The summed E-state index contributed by atoms with van der Waals surface area (Å²) in [6.45, 7) is 4.27. The number of rotatable bonds is 0. The van der Waals surface area contributed by atoms with Crippen molar-refractivity contribution in [1.82, 2.24) is 0 Å². The predicted molar refractivity (Wildman–Crippen MR) is 45.4 cm³/mol. The Hall–Kier alpha value is -0.315. The van der Waals surface area contributed by atoms with Crippen LogP contribution in [0.15, 0.2) is 11.4 Å². The van der Waals surface area contributed by atoms with E-state index in [9.17, 15) is 0 Å². The van der Waals surface area contributed by atoms with Crippen LogP contribution in [0.2, 0.25) is 0 Å². The van der Waals surface area contributed by atoms with Gasteiger partial charge < -0.3 is 10.0 Å². The summed E-state index contributed by atoms with van der Waals surface area (Å²) in [4.78, 5) is 1.43. The topological polar surface area (TPSA) is 40.5 Å². The molecule has 1 heterocycles. The van der Waals surface area contributed by atoms with Crippen LogP contribution >= 0.6 is 11.3 Å². The van der Waals surface area contributed by atoms with Crippen LogP contribution in [0.4, 0.5) is 0 Å². The van der Waals surface area contributed by atoms with Gasteiger partial charge in [-0.05, 0) is 30.9 Å². The summed E-state index contributed by atoms with van der Waals surface area (Å²) in [6.07, 6.45) is 0. The molecule has 1 aromatic heterocycles. The van der Waals surface area contributed by atoms with Crippen LogP contribution in [-0.4, -0.2) is 17.7 Å². The first-order valence-electron chi connectivity index (χ1n) is 2.94. The molecule has 0 saturated heterocycles. The van der Waals surface area contributed by atoms with Gasteiger partial charge in [-0.25, -0.2) is 0 Å². The lowest BCUT2D eigenvalue weighted by molar-refractivity contribution is 0.448. The number of aryl methyl sites for hydroxylation is 2. The molecular weight excluding hydrogens is 147 g/mol. The second kappa shape index (κ2) is 5.47. The quantitative estimate of drug-likeness (QED) is 0.543. The number of hydrogen-bond acceptors (Lipinski definition) is 3. The zero-order valence-electron chi connectivity index (χ0n) is 6.16. The molecule has 0 spiro atoms. The standard InChI is InChI=1S/C6H8S.BH3O2/c1-5-3-4-7-6(5)2;2-1-3/h3-4H,1-2H3;1-3H. The monoisotopic (exact) mass is 158 g/mol. The van der Waals surface area contributed by atoms with Gasteiger partial charge in [0, 0.05) is 4.88 Å². The van der Waals surface area contributed by atoms with Gasteiger partial charge in [0.05, 0.1) is 0 Å². The Morgan fingerprint density at radius 1 is 1.40 bits per heavy atom. The average molecular weight is 158 g/mol. The third kappa shape index (κ3) is 3.66. The largest absolute Gasteiger partial charge is 0.432 e. The first-order valence-corrected chi connectivity index (χ1v) is 3.82. The molecule has 0 bridgehead atoms. The molecule has 0 saturated carbocycles. The van der Waals surface area contributed by atoms with Gasteiger partial charge in [0.1, 0.15) is 0 Å². The van der Waals surface area contributed by atoms with E-state index in [4.69, 9.17) is 10.0 Å². The minimum Gasteiger partial charge on any atom is -0.430 e. The molecule has 2 nitrogen and oxygen atoms in total. The van der Waals surface area contributed by atoms with Gasteiger partial charge in [-0.15, -0.1) is 11.3 Å². The van der Waals surface area contributed by atoms with E-state index in [1.165, 1.54) is 10.4 Å². The fraction of sp³-hybridized carbons (Fsp3) is 0.333. The molecule has 1 rings (SSSR count). The van der Waals surface area contributed by atoms with Crippen molar-refractivity contribution in [3.05, 3.63) is 21.9 Å². The number of hydrogen-bond donors (Lipinski definition) is 2. The van der Waals surface area contributed by atoms with Gasteiger partial charge in [0.25, 0.3) is 0 Å². The Morgan fingerprint density at radius 2 is 1.90 bits per heavy atom. The molecule has 0 fully saturated rings. The van der Waals surface area contributed by atoms with Gasteiger partial charge >= 0.3 is 7.69 Å². The van der Waals surface area contributed by atoms with Crippen molar-refractivity contribution in [3.63, 3.8) is 0 Å². The smallest absolute Gasteiger partial charge is 0.430 e. The van der Waals surface area contributed by atoms with Crippen LogP contribution in [0.1, 0.15) is 10.4 Å². The van der Waals surface area contributed by atoms with E-state index in [0.29, 0.717) is 0 Å². The Balaban J connectivity index is 0.000000236. The maximum Gasteiger partial charge on any atom is 0.432 e. The molecule has 4 heteroatoms. The second-order valence-electron chi connectivity index (χ2n) is 1.80. The van der Waals surface area contributed by atoms with E-state index >= 15 is 0 Å². The molecule has 0 aromatic carbocycles. The Labute approximate surface area is 65.5 Å². The highest BCUT2D eigenvalue weighted by Crippen LogP contribution is 2.12. The molecule has 0 atom stereocenters. The van der Waals surface area contributed by atoms with Gasteiger partial charge in [0.2, 0.25) is 0 Å². The highest BCUT2D eigenvalue weighted by molar-refractivity contribution is 7.10. The molecule has 0 radical (unpaired) electrons. The van der Waals surface area contributed by atoms with Crippen LogP contribution in [0.3, 0.4) is 0 Å². The minimum absolute atomic E-state index is 0.750. The van der Waals surface area contributed by atoms with Gasteiger partial charge in [-0.1, -0.05) is 0 Å². The summed E-state index contributed by atoms with van der Waals surface area (Å²) in [6, 6.07) is 2.14. The number of thiophene rings is 1. The van der Waals surface area contributed by atoms with Crippen LogP contribution < -0.4 is 0 Å². The summed E-state index contributed by atoms with van der Waals surface area (Å²) in [5.41, 5.74) is 1.41. The molecule has 0 aliphatic heterocycles. The molecule has 10 heavy (non-hydrogen) atoms. The van der Waals surface area contributed by atoms with Gasteiger partial charge in [-0.2, -0.15) is 0 Å². The van der Waals surface area contributed by atoms with Crippen molar-refractivity contribution in [2.24, 2.45) is 0 Å². The fourth-order valence-corrected chi connectivity index (χ4v) is 1.18. The van der Waals surface area contributed by atoms with E-state index in [0.717, 1.165) is 0 Å². The maximum atomic E-state index is 7.12. The maximum absolute atomic E-state index is 7.12. The Kier molecular flexibility index (Phi) is 5.30. The zero-order chi connectivity index (χ0) is 7.98. The first-order chi connectivity index (χ1) is 4.72. The normalized spacial score (nSPS) is 8.00. The Morgan fingerprint density at radius 3 is 2.00 bits per heavy atom. The van der Waals surface area contributed by atoms with Crippen LogP contribution in [0.5, 0.6) is 0 Å². The molecule has 56 valence electrons. The van der Waals surface area contributed by atoms with Crippen molar-refractivity contribution in [3.8, 4) is 0 Å². The molecule has 0 aliphatic carbocycles. The summed E-state index contributed by atoms with van der Waals surface area (Å²) in [5.74, 6) is 0. The summed E-state index contributed by atoms with van der Waals surface area (Å²) in [5, 5.41) is 16.4. The molecule has 2 N–H and O–H groups in total. The van der Waals surface area contributed by atoms with Crippen molar-refractivity contribution < 1.29 is 10.0 Å². The highest BCUT2D eigenvalue weighted by Gasteiger charge is 1.87. The zero-order valence-corrected chi connectivity index (χ0v) is 6.98. The van der Waals surface area contributed by atoms with Crippen molar-refractivity contribution in [2.45, 2.75) is 13.8 Å². The fourth-order valence-electron chi connectivity index (χ4n) is 0.448. The van der Waals surface area contributed by atoms with E-state index < -0.39 is 7.69 Å². The predicted octanol–water partition coefficient (Wildman–Crippen LogP) is 0.602. The van der Waals surface area contributed by atoms with E-state index in [-0.39, 0.29) is 0 Å². The average Bonchev–Trinajstić information content (AvgIpc) is 2.19. The second-order valence-corrected chi connectivity index (χ2v) is 2.92. The van der Waals surface area contributed by atoms with Crippen molar-refractivity contribution in [1.29, 1.82) is 0 Å². The van der Waals surface area contributed by atoms with Gasteiger partial charge in [0.15, 0.2) is 0 Å². The SMILES string of the molecule is Cc1ccsc1C.OBO. The van der Waals surface area contributed by atoms with Crippen molar-refractivity contribution >= 4 is 19.0 Å². The van der Waals surface area contributed by atoms with Gasteiger partial charge in [-0.3, -0.25) is 0 Å². The molecule has 0 amide bonds. The van der Waals surface area contributed by atoms with Crippen LogP contribution in [0.25, 0.3) is 0 Å².